The first-order chi connectivity index (χ1) is 18.1. The van der Waals surface area contributed by atoms with Gasteiger partial charge in [0.25, 0.3) is 0 Å². The fourth-order valence-electron chi connectivity index (χ4n) is 8.71. The SMILES string of the molecule is CC1=C(CCC(=O)N(C)CCCCCCCc2ccccn2)[C@@H]2CC[C@H]3C(C)(C)[C@@H](O)CC[C@]3(C)[C@H]2CC1. The molecular formula is C34H54N2O2. The molecule has 4 rings (SSSR count). The number of aromatic nitrogens is 1. The maximum absolute atomic E-state index is 13.1. The molecule has 3 aliphatic rings. The van der Waals surface area contributed by atoms with Crippen LogP contribution >= 0.6 is 0 Å². The molecule has 1 amide bonds. The first-order valence-corrected chi connectivity index (χ1v) is 15.6. The normalized spacial score (nSPS) is 30.5. The first-order valence-electron chi connectivity index (χ1n) is 15.6. The van der Waals surface area contributed by atoms with Gasteiger partial charge in [-0.05, 0) is 112 Å². The molecule has 5 atom stereocenters. The van der Waals surface area contributed by atoms with Gasteiger partial charge in [-0.25, -0.2) is 0 Å². The molecule has 1 aromatic heterocycles. The topological polar surface area (TPSA) is 53.4 Å². The Labute approximate surface area is 232 Å². The lowest BCUT2D eigenvalue weighted by Crippen LogP contribution is -2.56. The molecule has 0 unspecified atom stereocenters. The number of fused-ring (bicyclic) bond motifs is 3. The van der Waals surface area contributed by atoms with Gasteiger partial charge in [0.2, 0.25) is 5.91 Å². The monoisotopic (exact) mass is 522 g/mol. The fraction of sp³-hybridized carbons (Fsp3) is 0.765. The first kappa shape index (κ1) is 29.3. The number of unbranched alkanes of at least 4 members (excludes halogenated alkanes) is 4. The second-order valence-electron chi connectivity index (χ2n) is 13.7. The Morgan fingerprint density at radius 2 is 1.79 bits per heavy atom. The van der Waals surface area contributed by atoms with Crippen LogP contribution in [0.3, 0.4) is 0 Å². The fourth-order valence-corrected chi connectivity index (χ4v) is 8.71. The summed E-state index contributed by atoms with van der Waals surface area (Å²) < 4.78 is 0. The van der Waals surface area contributed by atoms with Crippen LogP contribution in [-0.2, 0) is 11.2 Å². The molecular weight excluding hydrogens is 468 g/mol. The molecule has 1 N–H and O–H groups in total. The van der Waals surface area contributed by atoms with E-state index in [0.29, 0.717) is 35.5 Å². The highest BCUT2D eigenvalue weighted by atomic mass is 16.3. The summed E-state index contributed by atoms with van der Waals surface area (Å²) in [6, 6.07) is 6.15. The van der Waals surface area contributed by atoms with Crippen molar-refractivity contribution in [2.75, 3.05) is 13.6 Å². The summed E-state index contributed by atoms with van der Waals surface area (Å²) in [4.78, 5) is 19.4. The van der Waals surface area contributed by atoms with Crippen LogP contribution in [-0.4, -0.2) is 40.6 Å². The highest BCUT2D eigenvalue weighted by molar-refractivity contribution is 5.76. The van der Waals surface area contributed by atoms with E-state index in [-0.39, 0.29) is 11.5 Å². The molecule has 2 saturated carbocycles. The van der Waals surface area contributed by atoms with Crippen LogP contribution in [0.2, 0.25) is 0 Å². The summed E-state index contributed by atoms with van der Waals surface area (Å²) in [5, 5.41) is 10.8. The average molecular weight is 523 g/mol. The molecule has 4 nitrogen and oxygen atoms in total. The van der Waals surface area contributed by atoms with Gasteiger partial charge in [-0.1, -0.05) is 57.2 Å². The van der Waals surface area contributed by atoms with Crippen molar-refractivity contribution >= 4 is 5.91 Å². The van der Waals surface area contributed by atoms with Gasteiger partial charge in [0.05, 0.1) is 6.10 Å². The van der Waals surface area contributed by atoms with Crippen LogP contribution in [0, 0.1) is 28.6 Å². The molecule has 3 aliphatic carbocycles. The molecule has 0 spiro atoms. The van der Waals surface area contributed by atoms with Gasteiger partial charge in [0, 0.05) is 31.9 Å². The molecule has 0 bridgehead atoms. The van der Waals surface area contributed by atoms with E-state index in [2.05, 4.69) is 44.8 Å². The van der Waals surface area contributed by atoms with E-state index in [9.17, 15) is 9.90 Å². The van der Waals surface area contributed by atoms with E-state index in [4.69, 9.17) is 0 Å². The number of rotatable bonds is 11. The van der Waals surface area contributed by atoms with E-state index in [1.807, 2.05) is 24.2 Å². The smallest absolute Gasteiger partial charge is 0.222 e. The van der Waals surface area contributed by atoms with Crippen LogP contribution in [0.1, 0.15) is 117 Å². The van der Waals surface area contributed by atoms with E-state index in [0.717, 1.165) is 38.6 Å². The zero-order valence-corrected chi connectivity index (χ0v) is 25.0. The van der Waals surface area contributed by atoms with Crippen molar-refractivity contribution in [3.63, 3.8) is 0 Å². The van der Waals surface area contributed by atoms with Gasteiger partial charge in [-0.2, -0.15) is 0 Å². The number of aryl methyl sites for hydroxylation is 1. The maximum Gasteiger partial charge on any atom is 0.222 e. The summed E-state index contributed by atoms with van der Waals surface area (Å²) in [6.07, 6.45) is 17.3. The molecule has 2 fully saturated rings. The molecule has 0 saturated heterocycles. The lowest BCUT2D eigenvalue weighted by atomic mass is 9.43. The van der Waals surface area contributed by atoms with Crippen molar-refractivity contribution in [3.8, 4) is 0 Å². The quantitative estimate of drug-likeness (QED) is 0.239. The third-order valence-electron chi connectivity index (χ3n) is 11.1. The summed E-state index contributed by atoms with van der Waals surface area (Å²) in [5.74, 6) is 2.25. The van der Waals surface area contributed by atoms with E-state index in [1.165, 1.54) is 57.1 Å². The zero-order chi connectivity index (χ0) is 27.3. The summed E-state index contributed by atoms with van der Waals surface area (Å²) in [7, 11) is 2.00. The number of allylic oxidation sites excluding steroid dienone is 2. The molecule has 0 aromatic carbocycles. The van der Waals surface area contributed by atoms with E-state index < -0.39 is 0 Å². The van der Waals surface area contributed by atoms with Crippen molar-refractivity contribution in [3.05, 3.63) is 41.2 Å². The molecule has 1 heterocycles. The second kappa shape index (κ2) is 12.7. The summed E-state index contributed by atoms with van der Waals surface area (Å²) in [6.45, 7) is 10.4. The van der Waals surface area contributed by atoms with Gasteiger partial charge in [-0.15, -0.1) is 0 Å². The Morgan fingerprint density at radius 1 is 1.03 bits per heavy atom. The zero-order valence-electron chi connectivity index (χ0n) is 25.0. The van der Waals surface area contributed by atoms with Crippen molar-refractivity contribution in [1.82, 2.24) is 9.88 Å². The predicted octanol–water partition coefficient (Wildman–Crippen LogP) is 7.75. The van der Waals surface area contributed by atoms with Gasteiger partial charge < -0.3 is 10.0 Å². The Bertz CT molecular complexity index is 954. The van der Waals surface area contributed by atoms with Crippen molar-refractivity contribution < 1.29 is 9.90 Å². The van der Waals surface area contributed by atoms with Gasteiger partial charge in [0.1, 0.15) is 0 Å². The average Bonchev–Trinajstić information content (AvgIpc) is 2.90. The minimum atomic E-state index is -0.169. The van der Waals surface area contributed by atoms with Gasteiger partial charge in [-0.3, -0.25) is 9.78 Å². The molecule has 1 aromatic rings. The largest absolute Gasteiger partial charge is 0.393 e. The van der Waals surface area contributed by atoms with Crippen LogP contribution in [0.4, 0.5) is 0 Å². The Balaban J connectivity index is 1.21. The molecule has 38 heavy (non-hydrogen) atoms. The standard InChI is InChI=1S/C34H54N2O2/c1-25-15-18-29-28(16-19-30-33(2,3)31(37)21-22-34(29,30)4)27(25)17-20-32(38)36(5)24-12-8-6-7-9-13-26-14-10-11-23-35-26/h10-11,14,23,28-31,37H,6-9,12-13,15-22,24H2,1-5H3/t28-,29-,30-,31-,34+/m0/s1. The van der Waals surface area contributed by atoms with Crippen molar-refractivity contribution in [1.29, 1.82) is 0 Å². The lowest BCUT2D eigenvalue weighted by Gasteiger charge is -2.62. The Hall–Kier alpha value is -1.68. The van der Waals surface area contributed by atoms with Gasteiger partial charge in [0.15, 0.2) is 0 Å². The lowest BCUT2D eigenvalue weighted by molar-refractivity contribution is -0.149. The molecule has 212 valence electrons. The summed E-state index contributed by atoms with van der Waals surface area (Å²) >= 11 is 0. The number of aliphatic hydroxyl groups is 1. The maximum atomic E-state index is 13.1. The Kier molecular flexibility index (Phi) is 9.77. The highest BCUT2D eigenvalue weighted by Gasteiger charge is 2.58. The number of amides is 1. The second-order valence-corrected chi connectivity index (χ2v) is 13.7. The number of pyridine rings is 1. The molecule has 0 radical (unpaired) electrons. The van der Waals surface area contributed by atoms with E-state index >= 15 is 0 Å². The third-order valence-corrected chi connectivity index (χ3v) is 11.1. The number of hydrogen-bond donors (Lipinski definition) is 1. The van der Waals surface area contributed by atoms with E-state index in [1.54, 1.807) is 11.1 Å². The predicted molar refractivity (Wildman–Crippen MR) is 157 cm³/mol. The van der Waals surface area contributed by atoms with Crippen LogP contribution in [0.15, 0.2) is 35.5 Å². The number of nitrogens with zero attached hydrogens (tertiary/aromatic N) is 2. The third kappa shape index (κ3) is 6.37. The number of aliphatic hydroxyl groups excluding tert-OH is 1. The van der Waals surface area contributed by atoms with Crippen LogP contribution < -0.4 is 0 Å². The molecule has 4 heteroatoms. The van der Waals surface area contributed by atoms with Crippen LogP contribution in [0.25, 0.3) is 0 Å². The van der Waals surface area contributed by atoms with Gasteiger partial charge >= 0.3 is 0 Å². The van der Waals surface area contributed by atoms with Crippen molar-refractivity contribution in [2.24, 2.45) is 28.6 Å². The van der Waals surface area contributed by atoms with Crippen LogP contribution in [0.5, 0.6) is 0 Å². The minimum absolute atomic E-state index is 0.00607. The Morgan fingerprint density at radius 3 is 2.55 bits per heavy atom. The minimum Gasteiger partial charge on any atom is -0.393 e. The number of carbonyl (C=O) groups excluding carboxylic acids is 1. The highest BCUT2D eigenvalue weighted by Crippen LogP contribution is 2.64. The number of carbonyl (C=O) groups is 1. The van der Waals surface area contributed by atoms with Crippen molar-refractivity contribution in [2.45, 2.75) is 124 Å². The number of hydrogen-bond acceptors (Lipinski definition) is 3. The molecule has 0 aliphatic heterocycles. The summed E-state index contributed by atoms with van der Waals surface area (Å²) in [5.41, 5.74) is 4.68.